The number of hydrogen-bond acceptors (Lipinski definition) is 5. The van der Waals surface area contributed by atoms with Gasteiger partial charge in [0, 0.05) is 26.2 Å². The SMILES string of the molecule is O=C(NCCN1CCCC1)C1CN(S(=O)(=O)c2cccs2)CC12CCCCC2. The number of thiophene rings is 1. The normalized spacial score (nSPS) is 26.1. The van der Waals surface area contributed by atoms with Crippen LogP contribution in [0, 0.1) is 11.3 Å². The van der Waals surface area contributed by atoms with E-state index in [9.17, 15) is 13.2 Å². The van der Waals surface area contributed by atoms with Crippen molar-refractivity contribution in [3.63, 3.8) is 0 Å². The predicted molar refractivity (Wildman–Crippen MR) is 111 cm³/mol. The van der Waals surface area contributed by atoms with E-state index in [2.05, 4.69) is 10.2 Å². The van der Waals surface area contributed by atoms with Crippen molar-refractivity contribution in [3.05, 3.63) is 17.5 Å². The molecule has 3 fully saturated rings. The Morgan fingerprint density at radius 1 is 1.18 bits per heavy atom. The summed E-state index contributed by atoms with van der Waals surface area (Å²) in [6, 6.07) is 3.43. The zero-order valence-corrected chi connectivity index (χ0v) is 18.1. The molecule has 1 aromatic heterocycles. The van der Waals surface area contributed by atoms with Gasteiger partial charge in [-0.15, -0.1) is 11.3 Å². The van der Waals surface area contributed by atoms with E-state index in [1.54, 1.807) is 21.8 Å². The number of carbonyl (C=O) groups is 1. The van der Waals surface area contributed by atoms with E-state index in [0.717, 1.165) is 45.3 Å². The third kappa shape index (κ3) is 4.01. The minimum atomic E-state index is -3.51. The van der Waals surface area contributed by atoms with Crippen LogP contribution in [0.1, 0.15) is 44.9 Å². The van der Waals surface area contributed by atoms with Crippen molar-refractivity contribution >= 4 is 27.3 Å². The molecule has 1 N–H and O–H groups in total. The lowest BCUT2D eigenvalue weighted by Gasteiger charge is -2.37. The average molecular weight is 426 g/mol. The Balaban J connectivity index is 1.46. The third-order valence-corrected chi connectivity index (χ3v) is 9.98. The second kappa shape index (κ2) is 8.42. The summed E-state index contributed by atoms with van der Waals surface area (Å²) in [4.78, 5) is 15.5. The lowest BCUT2D eigenvalue weighted by atomic mass is 9.67. The van der Waals surface area contributed by atoms with Crippen molar-refractivity contribution < 1.29 is 13.2 Å². The van der Waals surface area contributed by atoms with Gasteiger partial charge in [-0.1, -0.05) is 25.3 Å². The summed E-state index contributed by atoms with van der Waals surface area (Å²) in [5.74, 6) is -0.189. The quantitative estimate of drug-likeness (QED) is 0.760. The van der Waals surface area contributed by atoms with E-state index >= 15 is 0 Å². The zero-order chi connectivity index (χ0) is 19.6. The molecule has 4 rings (SSSR count). The molecule has 1 aliphatic carbocycles. The highest BCUT2D eigenvalue weighted by Crippen LogP contribution is 2.49. The molecule has 28 heavy (non-hydrogen) atoms. The van der Waals surface area contributed by atoms with E-state index in [-0.39, 0.29) is 17.2 Å². The lowest BCUT2D eigenvalue weighted by molar-refractivity contribution is -0.128. The fraction of sp³-hybridized carbons (Fsp3) is 0.750. The molecule has 3 aliphatic rings. The number of nitrogens with one attached hydrogen (secondary N) is 1. The summed E-state index contributed by atoms with van der Waals surface area (Å²) >= 11 is 1.25. The van der Waals surface area contributed by atoms with E-state index in [1.165, 1.54) is 30.6 Å². The molecule has 1 atom stereocenters. The van der Waals surface area contributed by atoms with Crippen LogP contribution in [0.15, 0.2) is 21.7 Å². The van der Waals surface area contributed by atoms with Crippen LogP contribution in [0.3, 0.4) is 0 Å². The molecular formula is C20H31N3O3S2. The van der Waals surface area contributed by atoms with Gasteiger partial charge in [-0.3, -0.25) is 4.79 Å². The van der Waals surface area contributed by atoms with Gasteiger partial charge >= 0.3 is 0 Å². The molecule has 1 amide bonds. The van der Waals surface area contributed by atoms with Gasteiger partial charge in [0.05, 0.1) is 5.92 Å². The highest BCUT2D eigenvalue weighted by molar-refractivity contribution is 7.91. The van der Waals surface area contributed by atoms with Gasteiger partial charge in [0.15, 0.2) is 0 Å². The summed E-state index contributed by atoms with van der Waals surface area (Å²) in [5.41, 5.74) is -0.194. The Bertz CT molecular complexity index is 767. The van der Waals surface area contributed by atoms with Crippen molar-refractivity contribution in [3.8, 4) is 0 Å². The van der Waals surface area contributed by atoms with Crippen LogP contribution in [-0.2, 0) is 14.8 Å². The first kappa shape index (κ1) is 20.3. The topological polar surface area (TPSA) is 69.7 Å². The van der Waals surface area contributed by atoms with Gasteiger partial charge in [0.2, 0.25) is 5.91 Å². The van der Waals surface area contributed by atoms with Crippen LogP contribution < -0.4 is 5.32 Å². The maximum atomic E-state index is 13.1. The third-order valence-electron chi connectivity index (χ3n) is 6.80. The molecule has 156 valence electrons. The Morgan fingerprint density at radius 2 is 1.93 bits per heavy atom. The first-order valence-electron chi connectivity index (χ1n) is 10.6. The van der Waals surface area contributed by atoms with Crippen LogP contribution in [0.25, 0.3) is 0 Å². The molecule has 0 aromatic carbocycles. The second-order valence-corrected chi connectivity index (χ2v) is 11.7. The molecule has 2 aliphatic heterocycles. The first-order valence-corrected chi connectivity index (χ1v) is 12.9. The largest absolute Gasteiger partial charge is 0.355 e. The highest BCUT2D eigenvalue weighted by Gasteiger charge is 2.53. The van der Waals surface area contributed by atoms with Crippen molar-refractivity contribution in [2.24, 2.45) is 11.3 Å². The number of nitrogens with zero attached hydrogens (tertiary/aromatic N) is 2. The number of sulfonamides is 1. The van der Waals surface area contributed by atoms with Gasteiger partial charge in [0.1, 0.15) is 4.21 Å². The van der Waals surface area contributed by atoms with Crippen LogP contribution >= 0.6 is 11.3 Å². The first-order chi connectivity index (χ1) is 13.5. The minimum absolute atomic E-state index is 0.0463. The van der Waals surface area contributed by atoms with Crippen LogP contribution in [0.4, 0.5) is 0 Å². The van der Waals surface area contributed by atoms with Gasteiger partial charge in [0.25, 0.3) is 10.0 Å². The second-order valence-electron chi connectivity index (χ2n) is 8.55. The summed E-state index contributed by atoms with van der Waals surface area (Å²) in [6.45, 7) is 4.59. The van der Waals surface area contributed by atoms with Gasteiger partial charge in [-0.25, -0.2) is 8.42 Å². The fourth-order valence-electron chi connectivity index (χ4n) is 5.23. The summed E-state index contributed by atoms with van der Waals surface area (Å²) in [7, 11) is -3.51. The number of carbonyl (C=O) groups excluding carboxylic acids is 1. The molecule has 3 heterocycles. The van der Waals surface area contributed by atoms with Crippen molar-refractivity contribution in [1.29, 1.82) is 0 Å². The number of hydrogen-bond donors (Lipinski definition) is 1. The van der Waals surface area contributed by atoms with Gasteiger partial charge < -0.3 is 10.2 Å². The molecule has 6 nitrogen and oxygen atoms in total. The zero-order valence-electron chi connectivity index (χ0n) is 16.4. The number of rotatable bonds is 6. The smallest absolute Gasteiger partial charge is 0.252 e. The predicted octanol–water partition coefficient (Wildman–Crippen LogP) is 2.53. The molecule has 1 aromatic rings. The highest BCUT2D eigenvalue weighted by atomic mass is 32.2. The van der Waals surface area contributed by atoms with Crippen molar-refractivity contribution in [2.75, 3.05) is 39.3 Å². The maximum absolute atomic E-state index is 13.1. The average Bonchev–Trinajstić information content (AvgIpc) is 3.44. The van der Waals surface area contributed by atoms with Gasteiger partial charge in [-0.2, -0.15) is 4.31 Å². The van der Waals surface area contributed by atoms with Crippen LogP contribution in [0.2, 0.25) is 0 Å². The van der Waals surface area contributed by atoms with E-state index < -0.39 is 10.0 Å². The molecular weight excluding hydrogens is 394 g/mol. The Hall–Kier alpha value is -0.960. The molecule has 0 radical (unpaired) electrons. The van der Waals surface area contributed by atoms with Crippen molar-refractivity contribution in [1.82, 2.24) is 14.5 Å². The minimum Gasteiger partial charge on any atom is -0.355 e. The Labute approximate surface area is 172 Å². The molecule has 0 bridgehead atoms. The van der Waals surface area contributed by atoms with E-state index in [4.69, 9.17) is 0 Å². The molecule has 2 saturated heterocycles. The molecule has 1 unspecified atom stereocenters. The van der Waals surface area contributed by atoms with E-state index in [1.807, 2.05) is 0 Å². The summed E-state index contributed by atoms with van der Waals surface area (Å²) in [5, 5.41) is 4.92. The maximum Gasteiger partial charge on any atom is 0.252 e. The monoisotopic (exact) mass is 425 g/mol. The van der Waals surface area contributed by atoms with Crippen LogP contribution in [0.5, 0.6) is 0 Å². The summed E-state index contributed by atoms with van der Waals surface area (Å²) < 4.78 is 28.1. The van der Waals surface area contributed by atoms with Crippen molar-refractivity contribution in [2.45, 2.75) is 49.2 Å². The molecule has 1 saturated carbocycles. The van der Waals surface area contributed by atoms with Crippen LogP contribution in [-0.4, -0.2) is 62.8 Å². The molecule has 8 heteroatoms. The van der Waals surface area contributed by atoms with E-state index in [0.29, 0.717) is 23.8 Å². The number of likely N-dealkylation sites (tertiary alicyclic amines) is 1. The van der Waals surface area contributed by atoms with Gasteiger partial charge in [-0.05, 0) is 55.6 Å². The standard InChI is InChI=1S/C20H31N3O3S2/c24-19(21-10-13-22-11-4-5-12-22)17-15-23(16-20(17)8-2-1-3-9-20)28(25,26)18-7-6-14-27-18/h6-7,14,17H,1-5,8-13,15-16H2,(H,21,24). The summed E-state index contributed by atoms with van der Waals surface area (Å²) in [6.07, 6.45) is 7.75. The Morgan fingerprint density at radius 3 is 2.61 bits per heavy atom. The number of amides is 1. The Kier molecular flexibility index (Phi) is 6.11. The molecule has 1 spiro atoms. The fourth-order valence-corrected chi connectivity index (χ4v) is 7.93. The lowest BCUT2D eigenvalue weighted by Crippen LogP contribution is -2.44.